The van der Waals surface area contributed by atoms with E-state index in [-0.39, 0.29) is 24.7 Å². The lowest BCUT2D eigenvalue weighted by atomic mass is 9.90. The summed E-state index contributed by atoms with van der Waals surface area (Å²) in [7, 11) is 2.88. The van der Waals surface area contributed by atoms with Gasteiger partial charge in [0.1, 0.15) is 54.9 Å². The van der Waals surface area contributed by atoms with E-state index in [1.165, 1.54) is 20.3 Å². The average Bonchev–Trinajstić information content (AvgIpc) is 3.48. The van der Waals surface area contributed by atoms with E-state index in [0.717, 1.165) is 0 Å². The van der Waals surface area contributed by atoms with E-state index in [1.807, 2.05) is 6.07 Å². The van der Waals surface area contributed by atoms with Crippen LogP contribution < -0.4 is 18.9 Å². The van der Waals surface area contributed by atoms with Gasteiger partial charge in [0, 0.05) is 5.56 Å². The number of ether oxygens (including phenoxy) is 7. The van der Waals surface area contributed by atoms with Crippen LogP contribution in [-0.4, -0.2) is 148 Å². The monoisotopic (exact) mass is 682 g/mol. The second-order valence-electron chi connectivity index (χ2n) is 11.6. The Balaban J connectivity index is 1.30. The first-order valence-electron chi connectivity index (χ1n) is 15.3. The summed E-state index contributed by atoms with van der Waals surface area (Å²) < 4.78 is 39.5. The van der Waals surface area contributed by atoms with Crippen LogP contribution in [-0.2, 0) is 14.2 Å². The zero-order valence-electron chi connectivity index (χ0n) is 26.2. The Hall–Kier alpha value is -3.10. The van der Waals surface area contributed by atoms with E-state index >= 15 is 0 Å². The van der Waals surface area contributed by atoms with Crippen molar-refractivity contribution in [3.63, 3.8) is 0 Å². The van der Waals surface area contributed by atoms with Gasteiger partial charge >= 0.3 is 0 Å². The smallest absolute Gasteiger partial charge is 0.229 e. The van der Waals surface area contributed by atoms with Crippen molar-refractivity contribution in [2.24, 2.45) is 0 Å². The molecule has 2 unspecified atom stereocenters. The Kier molecular flexibility index (Phi) is 11.8. The van der Waals surface area contributed by atoms with Gasteiger partial charge in [0.2, 0.25) is 6.29 Å². The van der Waals surface area contributed by atoms with Gasteiger partial charge in [-0.05, 0) is 35.4 Å². The number of hydrogen-bond acceptors (Lipinski definition) is 16. The zero-order chi connectivity index (χ0) is 34.7. The summed E-state index contributed by atoms with van der Waals surface area (Å²) in [5.41, 5.74) is 1.94. The molecule has 16 heteroatoms. The molecule has 3 aliphatic rings. The van der Waals surface area contributed by atoms with Crippen LogP contribution >= 0.6 is 0 Å². The average molecular weight is 683 g/mol. The van der Waals surface area contributed by atoms with Crippen molar-refractivity contribution in [1.29, 1.82) is 0 Å². The molecule has 3 aliphatic heterocycles. The summed E-state index contributed by atoms with van der Waals surface area (Å²) in [5, 5.41) is 90.0. The Labute approximate surface area is 275 Å². The quantitative estimate of drug-likeness (QED) is 0.117. The normalized spacial score (nSPS) is 34.9. The number of aliphatic hydroxyl groups is 9. The van der Waals surface area contributed by atoms with Gasteiger partial charge in [0.05, 0.1) is 46.6 Å². The number of fused-ring (bicyclic) bond motifs is 1. The fourth-order valence-electron chi connectivity index (χ4n) is 5.95. The molecule has 0 aromatic heterocycles. The molecule has 0 radical (unpaired) electrons. The van der Waals surface area contributed by atoms with Crippen LogP contribution in [0, 0.1) is 0 Å². The van der Waals surface area contributed by atoms with Gasteiger partial charge in [-0.3, -0.25) is 0 Å². The van der Waals surface area contributed by atoms with Crippen LogP contribution in [0.4, 0.5) is 0 Å². The Morgan fingerprint density at radius 2 is 1.31 bits per heavy atom. The van der Waals surface area contributed by atoms with E-state index in [1.54, 1.807) is 30.4 Å². The molecule has 266 valence electrons. The third-order valence-corrected chi connectivity index (χ3v) is 8.66. The van der Waals surface area contributed by atoms with Gasteiger partial charge in [-0.15, -0.1) is 0 Å². The summed E-state index contributed by atoms with van der Waals surface area (Å²) in [6.07, 6.45) is -11.6. The summed E-state index contributed by atoms with van der Waals surface area (Å²) in [4.78, 5) is 0. The molecule has 0 amide bonds. The fraction of sp³-hybridized carbons (Fsp3) is 0.562. The van der Waals surface area contributed by atoms with E-state index < -0.39 is 86.6 Å². The predicted octanol–water partition coefficient (Wildman–Crippen LogP) is -2.08. The molecule has 2 saturated heterocycles. The summed E-state index contributed by atoms with van der Waals surface area (Å²) in [6, 6.07) is 8.37. The maximum atomic E-state index is 10.5. The van der Waals surface area contributed by atoms with Crippen molar-refractivity contribution >= 4 is 6.08 Å². The number of benzene rings is 2. The molecule has 2 aromatic carbocycles. The van der Waals surface area contributed by atoms with Crippen molar-refractivity contribution in [1.82, 2.24) is 0 Å². The Morgan fingerprint density at radius 3 is 1.92 bits per heavy atom. The maximum absolute atomic E-state index is 10.5. The van der Waals surface area contributed by atoms with E-state index in [4.69, 9.17) is 33.2 Å². The molecule has 2 fully saturated rings. The Bertz CT molecular complexity index is 1400. The largest absolute Gasteiger partial charge is 0.493 e. The van der Waals surface area contributed by atoms with Crippen molar-refractivity contribution in [2.45, 2.75) is 73.4 Å². The molecule has 48 heavy (non-hydrogen) atoms. The van der Waals surface area contributed by atoms with E-state index in [2.05, 4.69) is 0 Å². The third kappa shape index (κ3) is 7.11. The summed E-state index contributed by atoms with van der Waals surface area (Å²) in [5.74, 6) is 0.650. The van der Waals surface area contributed by atoms with Crippen molar-refractivity contribution < 1.29 is 79.1 Å². The zero-order valence-corrected chi connectivity index (χ0v) is 26.2. The predicted molar refractivity (Wildman–Crippen MR) is 162 cm³/mol. The molecule has 0 saturated carbocycles. The van der Waals surface area contributed by atoms with E-state index in [0.29, 0.717) is 28.2 Å². The first-order valence-corrected chi connectivity index (χ1v) is 15.3. The molecule has 9 N–H and O–H groups in total. The maximum Gasteiger partial charge on any atom is 0.229 e. The highest BCUT2D eigenvalue weighted by molar-refractivity contribution is 5.62. The first-order chi connectivity index (χ1) is 23.1. The molecule has 2 aromatic rings. The van der Waals surface area contributed by atoms with Crippen LogP contribution in [0.25, 0.3) is 6.08 Å². The topological polar surface area (TPSA) is 247 Å². The standard InChI is InChI=1S/C32H42O16/c1-42-19-10-15(5-6-18(19)45-32-28(41)26(39)24(37)22(13-35)47-32)29-17(11-33)16-8-14(9-20(43-2)30(16)48-29)4-3-7-44-31-27(40)25(38)23(36)21(12-34)46-31/h3-6,8-10,17,21-29,31-41H,7,11-13H2,1-2H3/b4-3+/t17?,21-,22-,23-,24-,25+,26+,27-,28-,29?,31-,32-/m1/s1. The molecular weight excluding hydrogens is 640 g/mol. The Morgan fingerprint density at radius 1 is 0.688 bits per heavy atom. The van der Waals surface area contributed by atoms with Crippen molar-refractivity contribution in [2.75, 3.05) is 40.6 Å². The van der Waals surface area contributed by atoms with Gasteiger partial charge in [0.25, 0.3) is 0 Å². The number of aliphatic hydroxyl groups excluding tert-OH is 9. The van der Waals surface area contributed by atoms with Gasteiger partial charge in [0.15, 0.2) is 29.3 Å². The molecule has 0 aliphatic carbocycles. The molecule has 3 heterocycles. The molecule has 0 bridgehead atoms. The summed E-state index contributed by atoms with van der Waals surface area (Å²) >= 11 is 0. The highest BCUT2D eigenvalue weighted by atomic mass is 16.7. The minimum Gasteiger partial charge on any atom is -0.493 e. The lowest BCUT2D eigenvalue weighted by molar-refractivity contribution is -0.298. The van der Waals surface area contributed by atoms with E-state index in [9.17, 15) is 46.0 Å². The van der Waals surface area contributed by atoms with Crippen LogP contribution in [0.1, 0.15) is 28.7 Å². The van der Waals surface area contributed by atoms with Gasteiger partial charge in [-0.25, -0.2) is 0 Å². The molecule has 0 spiro atoms. The minimum absolute atomic E-state index is 0.0536. The number of hydrogen-bond donors (Lipinski definition) is 9. The molecule has 12 atom stereocenters. The third-order valence-electron chi connectivity index (χ3n) is 8.66. The van der Waals surface area contributed by atoms with Crippen LogP contribution in [0.5, 0.6) is 23.0 Å². The first kappa shape index (κ1) is 36.2. The highest BCUT2D eigenvalue weighted by Crippen LogP contribution is 2.51. The molecule has 5 rings (SSSR count). The fourth-order valence-corrected chi connectivity index (χ4v) is 5.95. The minimum atomic E-state index is -1.62. The van der Waals surface area contributed by atoms with Crippen molar-refractivity contribution in [3.8, 4) is 23.0 Å². The van der Waals surface area contributed by atoms with Crippen molar-refractivity contribution in [3.05, 3.63) is 53.1 Å². The SMILES string of the molecule is COc1cc(C2Oc3c(OC)cc(/C=C/CO[C@@H]4O[C@H](CO)[C@@H](O)[C@H](O)[C@H]4O)cc3C2CO)ccc1O[C@@H]1O[C@H](CO)[C@@H](O)[C@H](O)[C@H]1O. The number of methoxy groups -OCH3 is 2. The second-order valence-corrected chi connectivity index (χ2v) is 11.6. The molecule has 16 nitrogen and oxygen atoms in total. The lowest BCUT2D eigenvalue weighted by Gasteiger charge is -2.39. The highest BCUT2D eigenvalue weighted by Gasteiger charge is 2.46. The number of rotatable bonds is 12. The molecular formula is C32H42O16. The van der Waals surface area contributed by atoms with Crippen LogP contribution in [0.2, 0.25) is 0 Å². The van der Waals surface area contributed by atoms with Crippen LogP contribution in [0.15, 0.2) is 36.4 Å². The van der Waals surface area contributed by atoms with Crippen LogP contribution in [0.3, 0.4) is 0 Å². The summed E-state index contributed by atoms with van der Waals surface area (Å²) in [6.45, 7) is -1.53. The van der Waals surface area contributed by atoms with Gasteiger partial charge in [-0.1, -0.05) is 18.2 Å². The van der Waals surface area contributed by atoms with Gasteiger partial charge < -0.3 is 79.1 Å². The lowest BCUT2D eigenvalue weighted by Crippen LogP contribution is -2.60. The van der Waals surface area contributed by atoms with Gasteiger partial charge in [-0.2, -0.15) is 0 Å². The second kappa shape index (κ2) is 15.6.